The largest absolute Gasteiger partial charge is 0.417 e. The Morgan fingerprint density at radius 3 is 2.33 bits per heavy atom. The van der Waals surface area contributed by atoms with Crippen LogP contribution in [0.2, 0.25) is 0 Å². The van der Waals surface area contributed by atoms with Gasteiger partial charge in [-0.25, -0.2) is 0 Å². The van der Waals surface area contributed by atoms with Gasteiger partial charge < -0.3 is 4.90 Å². The zero-order valence-electron chi connectivity index (χ0n) is 11.7. The van der Waals surface area contributed by atoms with Crippen molar-refractivity contribution in [3.63, 3.8) is 0 Å². The average molecular weight is 294 g/mol. The molecule has 2 nitrogen and oxygen atoms in total. The first-order valence-electron chi connectivity index (χ1n) is 7.05. The van der Waals surface area contributed by atoms with Crippen molar-refractivity contribution in [3.05, 3.63) is 35.4 Å². The molecule has 0 aromatic heterocycles. The number of hydrogen-bond donors (Lipinski definition) is 0. The second-order valence-corrected chi connectivity index (χ2v) is 5.13. The molecule has 112 valence electrons. The first-order valence-corrected chi connectivity index (χ1v) is 7.05. The molecular weight excluding hydrogens is 277 g/mol. The van der Waals surface area contributed by atoms with E-state index in [1.54, 1.807) is 12.1 Å². The number of rotatable bonds is 2. The molecule has 1 aromatic carbocycles. The molecule has 0 N–H and O–H groups in total. The molecule has 1 aliphatic rings. The molecule has 1 saturated heterocycles. The number of nitrogens with zero attached hydrogens (tertiary/aromatic N) is 2. The number of nitriles is 1. The van der Waals surface area contributed by atoms with Crippen LogP contribution in [0.15, 0.2) is 24.3 Å². The number of anilines is 1. The SMILES string of the molecule is N#C/C=C/c1ccc(N2CCCCCC2)cc1C(F)(F)F. The topological polar surface area (TPSA) is 27.0 Å². The Hall–Kier alpha value is -1.96. The van der Waals surface area contributed by atoms with Gasteiger partial charge in [-0.3, -0.25) is 0 Å². The standard InChI is InChI=1S/C16H17F3N2/c17-16(18,19)15-12-14(8-7-13(15)6-5-9-20)21-10-3-1-2-4-11-21/h5-8,12H,1-4,10-11H2/b6-5+. The van der Waals surface area contributed by atoms with Crippen molar-refractivity contribution in [2.75, 3.05) is 18.0 Å². The minimum absolute atomic E-state index is 0.0302. The van der Waals surface area contributed by atoms with Crippen LogP contribution < -0.4 is 4.90 Å². The van der Waals surface area contributed by atoms with Crippen molar-refractivity contribution in [3.8, 4) is 6.07 Å². The molecule has 0 atom stereocenters. The fourth-order valence-electron chi connectivity index (χ4n) is 2.59. The van der Waals surface area contributed by atoms with Crippen LogP contribution in [0.5, 0.6) is 0 Å². The molecular formula is C16H17F3N2. The Balaban J connectivity index is 2.36. The quantitative estimate of drug-likeness (QED) is 0.744. The summed E-state index contributed by atoms with van der Waals surface area (Å²) in [7, 11) is 0. The molecule has 1 aromatic rings. The summed E-state index contributed by atoms with van der Waals surface area (Å²) in [5, 5.41) is 8.48. The van der Waals surface area contributed by atoms with Gasteiger partial charge in [0.25, 0.3) is 0 Å². The summed E-state index contributed by atoms with van der Waals surface area (Å²) >= 11 is 0. The van der Waals surface area contributed by atoms with E-state index in [4.69, 9.17) is 5.26 Å². The van der Waals surface area contributed by atoms with Gasteiger partial charge >= 0.3 is 6.18 Å². The van der Waals surface area contributed by atoms with E-state index in [0.29, 0.717) is 5.69 Å². The van der Waals surface area contributed by atoms with Crippen molar-refractivity contribution >= 4 is 11.8 Å². The third-order valence-electron chi connectivity index (χ3n) is 3.65. The number of hydrogen-bond acceptors (Lipinski definition) is 2. The van der Waals surface area contributed by atoms with E-state index in [1.165, 1.54) is 18.2 Å². The van der Waals surface area contributed by atoms with Crippen molar-refractivity contribution in [1.82, 2.24) is 0 Å². The third kappa shape index (κ3) is 4.01. The summed E-state index contributed by atoms with van der Waals surface area (Å²) in [6, 6.07) is 6.07. The lowest BCUT2D eigenvalue weighted by Crippen LogP contribution is -2.24. The summed E-state index contributed by atoms with van der Waals surface area (Å²) in [5.41, 5.74) is -0.0447. The molecule has 2 rings (SSSR count). The van der Waals surface area contributed by atoms with E-state index in [0.717, 1.165) is 44.8 Å². The molecule has 1 heterocycles. The molecule has 0 bridgehead atoms. The van der Waals surface area contributed by atoms with Crippen LogP contribution in [0.4, 0.5) is 18.9 Å². The molecule has 1 aliphatic heterocycles. The van der Waals surface area contributed by atoms with Gasteiger partial charge in [0.2, 0.25) is 0 Å². The average Bonchev–Trinajstić information content (AvgIpc) is 2.73. The normalized spacial score (nSPS) is 16.8. The second kappa shape index (κ2) is 6.66. The van der Waals surface area contributed by atoms with Gasteiger partial charge in [0.05, 0.1) is 11.6 Å². The van der Waals surface area contributed by atoms with E-state index in [9.17, 15) is 13.2 Å². The van der Waals surface area contributed by atoms with Crippen LogP contribution in [0.1, 0.15) is 36.8 Å². The van der Waals surface area contributed by atoms with Crippen LogP contribution in [-0.4, -0.2) is 13.1 Å². The Labute approximate surface area is 122 Å². The zero-order valence-corrected chi connectivity index (χ0v) is 11.7. The highest BCUT2D eigenvalue weighted by Crippen LogP contribution is 2.35. The maximum atomic E-state index is 13.2. The van der Waals surface area contributed by atoms with Crippen molar-refractivity contribution in [2.45, 2.75) is 31.9 Å². The van der Waals surface area contributed by atoms with Crippen LogP contribution in [0, 0.1) is 11.3 Å². The first-order chi connectivity index (χ1) is 10.0. The minimum atomic E-state index is -4.42. The van der Waals surface area contributed by atoms with Gasteiger partial charge in [0.1, 0.15) is 0 Å². The molecule has 0 unspecified atom stereocenters. The fourth-order valence-corrected chi connectivity index (χ4v) is 2.59. The maximum absolute atomic E-state index is 13.2. The predicted octanol–water partition coefficient (Wildman–Crippen LogP) is 4.62. The highest BCUT2D eigenvalue weighted by atomic mass is 19.4. The Morgan fingerprint density at radius 1 is 1.10 bits per heavy atom. The highest BCUT2D eigenvalue weighted by molar-refractivity contribution is 5.62. The van der Waals surface area contributed by atoms with Crippen LogP contribution in [-0.2, 0) is 6.18 Å². The summed E-state index contributed by atoms with van der Waals surface area (Å²) < 4.78 is 39.5. The summed E-state index contributed by atoms with van der Waals surface area (Å²) in [4.78, 5) is 2.01. The van der Waals surface area contributed by atoms with Crippen molar-refractivity contribution in [1.29, 1.82) is 5.26 Å². The summed E-state index contributed by atoms with van der Waals surface area (Å²) in [6.45, 7) is 1.59. The lowest BCUT2D eigenvalue weighted by atomic mass is 10.0. The lowest BCUT2D eigenvalue weighted by molar-refractivity contribution is -0.137. The third-order valence-corrected chi connectivity index (χ3v) is 3.65. The predicted molar refractivity (Wildman–Crippen MR) is 76.8 cm³/mol. The van der Waals surface area contributed by atoms with Crippen molar-refractivity contribution < 1.29 is 13.2 Å². The molecule has 0 spiro atoms. The van der Waals surface area contributed by atoms with Gasteiger partial charge in [-0.1, -0.05) is 18.9 Å². The molecule has 5 heteroatoms. The van der Waals surface area contributed by atoms with Gasteiger partial charge in [0, 0.05) is 24.9 Å². The lowest BCUT2D eigenvalue weighted by Gasteiger charge is -2.24. The van der Waals surface area contributed by atoms with E-state index in [1.807, 2.05) is 4.90 Å². The van der Waals surface area contributed by atoms with Gasteiger partial charge in [-0.15, -0.1) is 0 Å². The van der Waals surface area contributed by atoms with Gasteiger partial charge in [-0.2, -0.15) is 18.4 Å². The summed E-state index contributed by atoms with van der Waals surface area (Å²) in [5.74, 6) is 0. The van der Waals surface area contributed by atoms with E-state index in [2.05, 4.69) is 0 Å². The minimum Gasteiger partial charge on any atom is -0.372 e. The molecule has 1 fully saturated rings. The highest BCUT2D eigenvalue weighted by Gasteiger charge is 2.33. The number of allylic oxidation sites excluding steroid dienone is 1. The molecule has 21 heavy (non-hydrogen) atoms. The molecule has 0 radical (unpaired) electrons. The Bertz CT molecular complexity index is 548. The second-order valence-electron chi connectivity index (χ2n) is 5.13. The fraction of sp³-hybridized carbons (Fsp3) is 0.438. The zero-order chi connectivity index (χ0) is 15.3. The number of benzene rings is 1. The summed E-state index contributed by atoms with van der Waals surface area (Å²) in [6.07, 6.45) is 2.13. The molecule has 0 saturated carbocycles. The van der Waals surface area contributed by atoms with E-state index in [-0.39, 0.29) is 5.56 Å². The van der Waals surface area contributed by atoms with Gasteiger partial charge in [0.15, 0.2) is 0 Å². The smallest absolute Gasteiger partial charge is 0.372 e. The van der Waals surface area contributed by atoms with Crippen LogP contribution in [0.25, 0.3) is 6.08 Å². The van der Waals surface area contributed by atoms with Crippen LogP contribution >= 0.6 is 0 Å². The Morgan fingerprint density at radius 2 is 1.76 bits per heavy atom. The monoisotopic (exact) mass is 294 g/mol. The molecule has 0 aliphatic carbocycles. The molecule has 0 amide bonds. The maximum Gasteiger partial charge on any atom is 0.417 e. The van der Waals surface area contributed by atoms with E-state index >= 15 is 0 Å². The van der Waals surface area contributed by atoms with Gasteiger partial charge in [-0.05, 0) is 36.6 Å². The van der Waals surface area contributed by atoms with Crippen LogP contribution in [0.3, 0.4) is 0 Å². The van der Waals surface area contributed by atoms with Crippen molar-refractivity contribution in [2.24, 2.45) is 0 Å². The Kier molecular flexibility index (Phi) is 4.89. The first kappa shape index (κ1) is 15.4. The van der Waals surface area contributed by atoms with E-state index < -0.39 is 11.7 Å². The number of alkyl halides is 3. The number of halogens is 3.